The van der Waals surface area contributed by atoms with Crippen molar-refractivity contribution in [2.45, 2.75) is 26.3 Å². The van der Waals surface area contributed by atoms with Crippen LogP contribution in [0.3, 0.4) is 0 Å². The molecular weight excluding hydrogens is 247 g/mol. The molecule has 0 rings (SSSR count). The second-order valence-electron chi connectivity index (χ2n) is 3.26. The number of aliphatic hydroxyl groups excluding tert-OH is 1. The number of hydrogen-bond acceptors (Lipinski definition) is 6. The molecule has 0 saturated carbocycles. The summed E-state index contributed by atoms with van der Waals surface area (Å²) in [4.78, 5) is 11.4. The average molecular weight is 268 g/mol. The molecule has 1 atom stereocenters. The lowest BCUT2D eigenvalue weighted by Gasteiger charge is -2.18. The summed E-state index contributed by atoms with van der Waals surface area (Å²) in [5.41, 5.74) is 5.46. The zero-order chi connectivity index (χ0) is 13.3. The number of amides is 1. The van der Waals surface area contributed by atoms with Gasteiger partial charge in [-0.25, -0.2) is 0 Å². The molecule has 0 spiro atoms. The summed E-state index contributed by atoms with van der Waals surface area (Å²) in [5.74, 6) is -0.487. The number of aliphatic hydroxyl groups is 1. The smallest absolute Gasteiger partial charge is 0.349 e. The first kappa shape index (κ1) is 16.5. The van der Waals surface area contributed by atoms with Crippen molar-refractivity contribution in [3.63, 3.8) is 0 Å². The van der Waals surface area contributed by atoms with Crippen LogP contribution in [0, 0.1) is 0 Å². The van der Waals surface area contributed by atoms with Crippen LogP contribution in [0.4, 0.5) is 0 Å². The first-order chi connectivity index (χ1) is 7.99. The van der Waals surface area contributed by atoms with Gasteiger partial charge in [-0.05, 0) is 20.3 Å². The Hall–Kier alpha value is -0.460. The monoisotopic (exact) mass is 268 g/mol. The zero-order valence-electron chi connectivity index (χ0n) is 10.2. The molecule has 17 heavy (non-hydrogen) atoms. The van der Waals surface area contributed by atoms with Gasteiger partial charge in [0.25, 0.3) is 0 Å². The fourth-order valence-corrected chi connectivity index (χ4v) is 2.49. The minimum Gasteiger partial charge on any atom is -0.396 e. The van der Waals surface area contributed by atoms with E-state index in [4.69, 9.17) is 19.9 Å². The Morgan fingerprint density at radius 3 is 2.35 bits per heavy atom. The highest BCUT2D eigenvalue weighted by Crippen LogP contribution is 2.46. The van der Waals surface area contributed by atoms with Crippen molar-refractivity contribution in [2.75, 3.05) is 26.1 Å². The van der Waals surface area contributed by atoms with E-state index in [1.165, 1.54) is 0 Å². The molecule has 7 nitrogen and oxygen atoms in total. The molecular formula is C9H21N2O5P. The van der Waals surface area contributed by atoms with Gasteiger partial charge in [0.2, 0.25) is 5.91 Å². The van der Waals surface area contributed by atoms with Crippen LogP contribution in [-0.4, -0.2) is 43.2 Å². The highest BCUT2D eigenvalue weighted by molar-refractivity contribution is 7.53. The maximum atomic E-state index is 11.9. The molecule has 0 aromatic rings. The molecule has 0 aromatic carbocycles. The Kier molecular flexibility index (Phi) is 8.37. The van der Waals surface area contributed by atoms with E-state index in [2.05, 4.69) is 5.32 Å². The normalized spacial score (nSPS) is 13.4. The molecule has 0 aliphatic carbocycles. The van der Waals surface area contributed by atoms with E-state index in [9.17, 15) is 9.36 Å². The summed E-state index contributed by atoms with van der Waals surface area (Å²) in [7, 11) is -3.28. The fourth-order valence-electron chi connectivity index (χ4n) is 1.10. The van der Waals surface area contributed by atoms with E-state index in [0.29, 0.717) is 0 Å². The van der Waals surface area contributed by atoms with Crippen molar-refractivity contribution in [3.05, 3.63) is 0 Å². The van der Waals surface area contributed by atoms with E-state index in [0.717, 1.165) is 0 Å². The Morgan fingerprint density at radius 2 is 1.94 bits per heavy atom. The van der Waals surface area contributed by atoms with Crippen molar-refractivity contribution in [1.82, 2.24) is 5.32 Å². The number of nitrogens with two attached hydrogens (primary N) is 1. The molecule has 0 radical (unpaired) electrons. The first-order valence-corrected chi connectivity index (χ1v) is 7.24. The van der Waals surface area contributed by atoms with Gasteiger partial charge in [0, 0.05) is 6.61 Å². The maximum absolute atomic E-state index is 11.9. The highest BCUT2D eigenvalue weighted by atomic mass is 31.2. The molecule has 0 aromatic heterocycles. The van der Waals surface area contributed by atoms with Crippen molar-refractivity contribution in [1.29, 1.82) is 0 Å². The van der Waals surface area contributed by atoms with Gasteiger partial charge < -0.3 is 25.2 Å². The molecule has 0 aliphatic rings. The van der Waals surface area contributed by atoms with Crippen LogP contribution in [0.2, 0.25) is 0 Å². The van der Waals surface area contributed by atoms with Crippen LogP contribution >= 0.6 is 7.60 Å². The Balaban J connectivity index is 4.21. The highest BCUT2D eigenvalue weighted by Gasteiger charge is 2.25. The van der Waals surface area contributed by atoms with E-state index < -0.39 is 19.5 Å². The van der Waals surface area contributed by atoms with Gasteiger partial charge in [0.05, 0.1) is 19.3 Å². The van der Waals surface area contributed by atoms with E-state index >= 15 is 0 Å². The van der Waals surface area contributed by atoms with Crippen molar-refractivity contribution in [3.8, 4) is 0 Å². The van der Waals surface area contributed by atoms with Gasteiger partial charge in [-0.15, -0.1) is 0 Å². The predicted molar refractivity (Wildman–Crippen MR) is 63.5 cm³/mol. The zero-order valence-corrected chi connectivity index (χ0v) is 11.1. The third-order valence-corrected chi connectivity index (χ3v) is 3.72. The summed E-state index contributed by atoms with van der Waals surface area (Å²) in [6, 6.07) is -0.822. The summed E-state index contributed by atoms with van der Waals surface area (Å²) in [6.45, 7) is 3.66. The molecule has 0 heterocycles. The number of nitrogens with one attached hydrogen (secondary N) is 1. The minimum atomic E-state index is -3.28. The second kappa shape index (κ2) is 8.60. The van der Waals surface area contributed by atoms with Gasteiger partial charge in [-0.2, -0.15) is 0 Å². The largest absolute Gasteiger partial charge is 0.396 e. The summed E-state index contributed by atoms with van der Waals surface area (Å²) in [5, 5.41) is 11.0. The van der Waals surface area contributed by atoms with Crippen LogP contribution in [0.1, 0.15) is 20.3 Å². The van der Waals surface area contributed by atoms with Crippen LogP contribution in [-0.2, 0) is 18.4 Å². The fraction of sp³-hybridized carbons (Fsp3) is 0.889. The maximum Gasteiger partial charge on any atom is 0.349 e. The number of hydrogen-bond donors (Lipinski definition) is 3. The standard InChI is InChI=1S/C9H21N2O5P/c1-3-15-17(14,16-4-2)7-11-9(13)8(10)5-6-12/h8,12H,3-7,10H2,1-2H3,(H,11,13)/t8-/m0/s1. The third kappa shape index (κ3) is 6.75. The van der Waals surface area contributed by atoms with Crippen molar-refractivity contribution < 1.29 is 23.5 Å². The van der Waals surface area contributed by atoms with Crippen LogP contribution in [0.15, 0.2) is 0 Å². The lowest BCUT2D eigenvalue weighted by atomic mass is 10.2. The summed E-state index contributed by atoms with van der Waals surface area (Å²) in [6.07, 6.45) is -0.0634. The Morgan fingerprint density at radius 1 is 1.41 bits per heavy atom. The number of carbonyl (C=O) groups excluding carboxylic acids is 1. The minimum absolute atomic E-state index is 0.152. The molecule has 0 aliphatic heterocycles. The van der Waals surface area contributed by atoms with Crippen molar-refractivity contribution >= 4 is 13.5 Å². The lowest BCUT2D eigenvalue weighted by molar-refractivity contribution is -0.122. The number of carbonyl (C=O) groups is 1. The number of rotatable bonds is 9. The van der Waals surface area contributed by atoms with Gasteiger partial charge in [-0.3, -0.25) is 9.36 Å². The van der Waals surface area contributed by atoms with Gasteiger partial charge in [-0.1, -0.05) is 0 Å². The van der Waals surface area contributed by atoms with Crippen LogP contribution < -0.4 is 11.1 Å². The Labute approximate surface area is 101 Å². The van der Waals surface area contributed by atoms with Crippen LogP contribution in [0.5, 0.6) is 0 Å². The molecule has 0 fully saturated rings. The molecule has 0 saturated heterocycles. The third-order valence-electron chi connectivity index (χ3n) is 1.88. The average Bonchev–Trinajstić information content (AvgIpc) is 2.27. The van der Waals surface area contributed by atoms with E-state index in [1.807, 2.05) is 0 Å². The van der Waals surface area contributed by atoms with E-state index in [-0.39, 0.29) is 32.5 Å². The molecule has 0 bridgehead atoms. The molecule has 102 valence electrons. The first-order valence-electron chi connectivity index (χ1n) is 5.51. The van der Waals surface area contributed by atoms with Crippen molar-refractivity contribution in [2.24, 2.45) is 5.73 Å². The van der Waals surface area contributed by atoms with E-state index in [1.54, 1.807) is 13.8 Å². The second-order valence-corrected chi connectivity index (χ2v) is 5.32. The molecule has 0 unspecified atom stereocenters. The van der Waals surface area contributed by atoms with Gasteiger partial charge >= 0.3 is 7.60 Å². The quantitative estimate of drug-likeness (QED) is 0.509. The molecule has 8 heteroatoms. The Bertz CT molecular complexity index is 264. The SMILES string of the molecule is CCOP(=O)(CNC(=O)[C@@H](N)CCO)OCC. The molecule has 4 N–H and O–H groups in total. The molecule has 1 amide bonds. The van der Waals surface area contributed by atoms with Crippen LogP contribution in [0.25, 0.3) is 0 Å². The van der Waals surface area contributed by atoms with Gasteiger partial charge in [0.1, 0.15) is 6.29 Å². The summed E-state index contributed by atoms with van der Waals surface area (Å²) < 4.78 is 21.9. The topological polar surface area (TPSA) is 111 Å². The lowest BCUT2D eigenvalue weighted by Crippen LogP contribution is -2.41. The van der Waals surface area contributed by atoms with Gasteiger partial charge in [0.15, 0.2) is 0 Å². The summed E-state index contributed by atoms with van der Waals surface area (Å²) >= 11 is 0. The predicted octanol–water partition coefficient (Wildman–Crippen LogP) is 0.0359.